The molecule has 10 nitrogen and oxygen atoms in total. The highest BCUT2D eigenvalue weighted by atomic mass is 79.9. The minimum absolute atomic E-state index is 0.0147. The summed E-state index contributed by atoms with van der Waals surface area (Å²) in [6.07, 6.45) is 0.604. The second kappa shape index (κ2) is 10.6. The van der Waals surface area contributed by atoms with E-state index in [0.717, 1.165) is 7.11 Å². The van der Waals surface area contributed by atoms with Crippen molar-refractivity contribution in [1.29, 1.82) is 0 Å². The molecular weight excluding hydrogens is 574 g/mol. The summed E-state index contributed by atoms with van der Waals surface area (Å²) in [6.45, 7) is 0. The molecule has 0 bridgehead atoms. The monoisotopic (exact) mass is 586 g/mol. The highest BCUT2D eigenvalue weighted by Crippen LogP contribution is 2.35. The third-order valence-electron chi connectivity index (χ3n) is 4.90. The zero-order valence-corrected chi connectivity index (χ0v) is 21.4. The molecule has 3 amide bonds. The lowest BCUT2D eigenvalue weighted by Crippen LogP contribution is -2.41. The van der Waals surface area contributed by atoms with E-state index in [9.17, 15) is 14.4 Å². The molecule has 0 aliphatic rings. The van der Waals surface area contributed by atoms with Crippen LogP contribution in [0.3, 0.4) is 0 Å². The van der Waals surface area contributed by atoms with Gasteiger partial charge in [0.2, 0.25) is 0 Å². The summed E-state index contributed by atoms with van der Waals surface area (Å²) in [4.78, 5) is 42.0. The molecular formula is C22H14BBrCl2N6O4. The number of rotatable bonds is 4. The van der Waals surface area contributed by atoms with E-state index >= 15 is 0 Å². The van der Waals surface area contributed by atoms with Gasteiger partial charge in [-0.3, -0.25) is 15.0 Å². The molecule has 0 spiro atoms. The van der Waals surface area contributed by atoms with Crippen molar-refractivity contribution in [3.8, 4) is 5.82 Å². The van der Waals surface area contributed by atoms with Crippen LogP contribution in [0.1, 0.15) is 20.8 Å². The van der Waals surface area contributed by atoms with Crippen molar-refractivity contribution < 1.29 is 19.1 Å². The van der Waals surface area contributed by atoms with Crippen molar-refractivity contribution in [3.05, 3.63) is 74.6 Å². The molecule has 0 aliphatic carbocycles. The molecule has 4 rings (SSSR count). The van der Waals surface area contributed by atoms with E-state index < -0.39 is 17.9 Å². The summed E-state index contributed by atoms with van der Waals surface area (Å²) in [6, 6.07) is 11.1. The van der Waals surface area contributed by atoms with Gasteiger partial charge in [0.1, 0.15) is 18.1 Å². The van der Waals surface area contributed by atoms with E-state index in [-0.39, 0.29) is 32.8 Å². The Balaban J connectivity index is 1.79. The summed E-state index contributed by atoms with van der Waals surface area (Å²) < 4.78 is 6.05. The number of halogens is 3. The van der Waals surface area contributed by atoms with Crippen LogP contribution in [0.25, 0.3) is 16.6 Å². The largest absolute Gasteiger partial charge is 0.452 e. The number of aromatic nitrogens is 3. The number of nitrogens with zero attached hydrogens (tertiary/aromatic N) is 3. The smallest absolute Gasteiger partial charge is 0.425 e. The number of pyridine rings is 1. The molecule has 2 radical (unpaired) electrons. The summed E-state index contributed by atoms with van der Waals surface area (Å²) in [5.74, 6) is -1.22. The molecule has 0 saturated heterocycles. The van der Waals surface area contributed by atoms with Crippen LogP contribution in [0.15, 0.2) is 53.3 Å². The Morgan fingerprint density at radius 2 is 1.86 bits per heavy atom. The van der Waals surface area contributed by atoms with E-state index in [1.165, 1.54) is 23.0 Å². The molecule has 0 fully saturated rings. The first-order chi connectivity index (χ1) is 17.2. The number of benzene rings is 2. The minimum atomic E-state index is -0.897. The van der Waals surface area contributed by atoms with Gasteiger partial charge < -0.3 is 10.1 Å². The van der Waals surface area contributed by atoms with Crippen LogP contribution in [-0.4, -0.2) is 47.6 Å². The number of amides is 3. The van der Waals surface area contributed by atoms with E-state index in [1.54, 1.807) is 30.3 Å². The molecule has 2 aromatic carbocycles. The molecule has 3 N–H and O–H groups in total. The van der Waals surface area contributed by atoms with Crippen LogP contribution in [-0.2, 0) is 4.74 Å². The molecule has 2 heterocycles. The first-order valence-corrected chi connectivity index (χ1v) is 11.6. The number of anilines is 1. The van der Waals surface area contributed by atoms with Gasteiger partial charge in [-0.25, -0.2) is 19.9 Å². The molecule has 0 unspecified atom stereocenters. The highest BCUT2D eigenvalue weighted by molar-refractivity contribution is 9.10. The van der Waals surface area contributed by atoms with Crippen molar-refractivity contribution in [2.24, 2.45) is 0 Å². The average molecular weight is 588 g/mol. The van der Waals surface area contributed by atoms with Crippen LogP contribution < -0.4 is 21.6 Å². The van der Waals surface area contributed by atoms with Gasteiger partial charge in [-0.05, 0) is 39.5 Å². The lowest BCUT2D eigenvalue weighted by molar-refractivity contribution is 0.0921. The summed E-state index contributed by atoms with van der Waals surface area (Å²) in [7, 11) is 7.02. The number of hydrazine groups is 1. The Bertz CT molecular complexity index is 1530. The van der Waals surface area contributed by atoms with Crippen molar-refractivity contribution >= 4 is 86.8 Å². The van der Waals surface area contributed by atoms with Gasteiger partial charge in [0.05, 0.1) is 28.4 Å². The van der Waals surface area contributed by atoms with Crippen LogP contribution in [0, 0.1) is 0 Å². The maximum absolute atomic E-state index is 13.4. The summed E-state index contributed by atoms with van der Waals surface area (Å²) >= 11 is 16.1. The molecule has 14 heteroatoms. The van der Waals surface area contributed by atoms with Gasteiger partial charge in [-0.2, -0.15) is 5.10 Å². The maximum Gasteiger partial charge on any atom is 0.425 e. The van der Waals surface area contributed by atoms with Crippen molar-refractivity contribution in [3.63, 3.8) is 0 Å². The van der Waals surface area contributed by atoms with Gasteiger partial charge in [0, 0.05) is 17.6 Å². The Morgan fingerprint density at radius 3 is 2.58 bits per heavy atom. The Hall–Kier alpha value is -3.61. The predicted molar refractivity (Wildman–Crippen MR) is 139 cm³/mol. The van der Waals surface area contributed by atoms with Crippen molar-refractivity contribution in [2.75, 3.05) is 12.4 Å². The standard InChI is InChI=1S/C22H14BBrCl2N6O4/c1-36-22(35)30-29-20(33)13-8-10-7-11(23)4-5-12(10)17(26)18(13)28-21(34)15-9-16(24)31-32(15)19-14(25)3-2-6-27-19/h2-9H,1H3,(H,28,34)(H,29,33)(H,30,35). The number of hydrogen-bond acceptors (Lipinski definition) is 6. The number of carbonyl (C=O) groups is 3. The molecule has 0 aliphatic heterocycles. The highest BCUT2D eigenvalue weighted by Gasteiger charge is 2.24. The second-order valence-corrected chi connectivity index (χ2v) is 8.79. The lowest BCUT2D eigenvalue weighted by atomic mass is 9.92. The quantitative estimate of drug-likeness (QED) is 0.248. The summed E-state index contributed by atoms with van der Waals surface area (Å²) in [5.41, 5.74) is 4.70. The number of nitrogens with one attached hydrogen (secondary N) is 3. The minimum Gasteiger partial charge on any atom is -0.452 e. The van der Waals surface area contributed by atoms with E-state index in [0.29, 0.717) is 20.8 Å². The number of methoxy groups -OCH3 is 1. The number of fused-ring (bicyclic) bond motifs is 1. The number of hydrogen-bond donors (Lipinski definition) is 3. The Kier molecular flexibility index (Phi) is 7.48. The average Bonchev–Trinajstić information content (AvgIpc) is 3.25. The first-order valence-electron chi connectivity index (χ1n) is 10.0. The summed E-state index contributed by atoms with van der Waals surface area (Å²) in [5, 5.41) is 8.31. The molecule has 2 aromatic heterocycles. The van der Waals surface area contributed by atoms with Crippen LogP contribution in [0.2, 0.25) is 10.0 Å². The van der Waals surface area contributed by atoms with Crippen LogP contribution in [0.5, 0.6) is 0 Å². The normalized spacial score (nSPS) is 10.7. The Labute approximate surface area is 223 Å². The molecule has 0 saturated carbocycles. The molecule has 4 aromatic rings. The van der Waals surface area contributed by atoms with Gasteiger partial charge in [0.25, 0.3) is 11.8 Å². The Morgan fingerprint density at radius 1 is 1.08 bits per heavy atom. The number of carbonyl (C=O) groups excluding carboxylic acids is 3. The van der Waals surface area contributed by atoms with Crippen LogP contribution >= 0.6 is 39.1 Å². The molecule has 36 heavy (non-hydrogen) atoms. The van der Waals surface area contributed by atoms with Crippen molar-refractivity contribution in [1.82, 2.24) is 25.6 Å². The second-order valence-electron chi connectivity index (χ2n) is 7.19. The fraction of sp³-hybridized carbons (Fsp3) is 0.0455. The van der Waals surface area contributed by atoms with Gasteiger partial charge in [-0.1, -0.05) is 46.9 Å². The zero-order valence-electron chi connectivity index (χ0n) is 18.3. The van der Waals surface area contributed by atoms with Gasteiger partial charge in [-0.15, -0.1) is 0 Å². The SMILES string of the molecule is [B]c1ccc2c(Cl)c(NC(=O)c3cc(Br)nn3-c3ncccc3Cl)c(C(=O)NNC(=O)OC)cc2c1. The topological polar surface area (TPSA) is 127 Å². The first kappa shape index (κ1) is 25.5. The third kappa shape index (κ3) is 5.15. The van der Waals surface area contributed by atoms with Crippen molar-refractivity contribution in [2.45, 2.75) is 0 Å². The fourth-order valence-electron chi connectivity index (χ4n) is 3.29. The van der Waals surface area contributed by atoms with Gasteiger partial charge in [0.15, 0.2) is 5.82 Å². The van der Waals surface area contributed by atoms with E-state index in [2.05, 4.69) is 46.9 Å². The molecule has 180 valence electrons. The van der Waals surface area contributed by atoms with Gasteiger partial charge >= 0.3 is 6.09 Å². The fourth-order valence-corrected chi connectivity index (χ4v) is 4.19. The van der Waals surface area contributed by atoms with Crippen LogP contribution in [0.4, 0.5) is 10.5 Å². The van der Waals surface area contributed by atoms with E-state index in [4.69, 9.17) is 31.0 Å². The zero-order chi connectivity index (χ0) is 26.0. The van der Waals surface area contributed by atoms with E-state index in [1.807, 2.05) is 0 Å². The molecule has 0 atom stereocenters. The third-order valence-corrected chi connectivity index (χ3v) is 5.97. The number of ether oxygens (including phenoxy) is 1. The lowest BCUT2D eigenvalue weighted by Gasteiger charge is -2.16. The maximum atomic E-state index is 13.4. The predicted octanol–water partition coefficient (Wildman–Crippen LogP) is 3.54.